The van der Waals surface area contributed by atoms with Gasteiger partial charge in [-0.1, -0.05) is 28.1 Å². The van der Waals surface area contributed by atoms with Crippen molar-refractivity contribution in [2.24, 2.45) is 10.2 Å². The topological polar surface area (TPSA) is 82.6 Å². The van der Waals surface area contributed by atoms with Gasteiger partial charge >= 0.3 is 0 Å². The van der Waals surface area contributed by atoms with Crippen LogP contribution in [0.1, 0.15) is 0 Å². The minimum atomic E-state index is -0.319. The molecule has 116 valence electrons. The third-order valence-corrected chi connectivity index (χ3v) is 3.75. The third-order valence-electron chi connectivity index (χ3n) is 3.22. The Bertz CT molecular complexity index is 880. The molecule has 1 aromatic heterocycles. The average Bonchev–Trinajstić information content (AvgIpc) is 2.95. The van der Waals surface area contributed by atoms with Gasteiger partial charge in [-0.3, -0.25) is 15.0 Å². The molecular formula is C16H13BrN4O2. The zero-order valence-electron chi connectivity index (χ0n) is 12.2. The second-order valence-corrected chi connectivity index (χ2v) is 5.62. The van der Waals surface area contributed by atoms with Gasteiger partial charge in [0.25, 0.3) is 5.56 Å². The lowest BCUT2D eigenvalue weighted by atomic mass is 10.1. The Morgan fingerprint density at radius 2 is 1.65 bits per heavy atom. The fourth-order valence-electron chi connectivity index (χ4n) is 2.03. The molecule has 3 rings (SSSR count). The number of hydrogen-bond donors (Lipinski definition) is 2. The monoisotopic (exact) mass is 372 g/mol. The fourth-order valence-corrected chi connectivity index (χ4v) is 2.29. The number of H-pyrrole nitrogens is 2. The Morgan fingerprint density at radius 3 is 2.30 bits per heavy atom. The van der Waals surface area contributed by atoms with E-state index < -0.39 is 0 Å². The average molecular weight is 373 g/mol. The molecule has 2 N–H and O–H groups in total. The van der Waals surface area contributed by atoms with Gasteiger partial charge in [-0.25, -0.2) is 0 Å². The zero-order chi connectivity index (χ0) is 16.2. The number of methoxy groups -OCH3 is 1. The molecule has 0 fully saturated rings. The lowest BCUT2D eigenvalue weighted by molar-refractivity contribution is 0.415. The van der Waals surface area contributed by atoms with Crippen LogP contribution in [-0.4, -0.2) is 17.3 Å². The van der Waals surface area contributed by atoms with Crippen molar-refractivity contribution < 1.29 is 4.74 Å². The van der Waals surface area contributed by atoms with E-state index in [0.717, 1.165) is 15.8 Å². The molecule has 6 nitrogen and oxygen atoms in total. The second kappa shape index (κ2) is 6.62. The molecule has 0 amide bonds. The van der Waals surface area contributed by atoms with Crippen LogP contribution in [0.3, 0.4) is 0 Å². The molecule has 3 aromatic rings. The summed E-state index contributed by atoms with van der Waals surface area (Å²) in [5.41, 5.74) is 1.99. The first kappa shape index (κ1) is 15.2. The predicted molar refractivity (Wildman–Crippen MR) is 91.7 cm³/mol. The summed E-state index contributed by atoms with van der Waals surface area (Å²) in [6, 6.07) is 14.7. The first-order valence-corrected chi connectivity index (χ1v) is 7.59. The van der Waals surface area contributed by atoms with Crippen molar-refractivity contribution in [3.8, 4) is 17.0 Å². The van der Waals surface area contributed by atoms with E-state index >= 15 is 0 Å². The van der Waals surface area contributed by atoms with Crippen molar-refractivity contribution in [3.05, 3.63) is 63.4 Å². The summed E-state index contributed by atoms with van der Waals surface area (Å²) in [6.07, 6.45) is 0. The van der Waals surface area contributed by atoms with Gasteiger partial charge in [0.15, 0.2) is 5.69 Å². The van der Waals surface area contributed by atoms with Crippen molar-refractivity contribution in [1.82, 2.24) is 10.2 Å². The lowest BCUT2D eigenvalue weighted by Gasteiger charge is -2.00. The number of halogens is 1. The number of nitrogens with one attached hydrogen (secondary N) is 2. The molecular weight excluding hydrogens is 360 g/mol. The molecule has 0 aliphatic heterocycles. The van der Waals surface area contributed by atoms with E-state index in [1.807, 2.05) is 24.3 Å². The number of benzene rings is 2. The number of azo groups is 1. The van der Waals surface area contributed by atoms with Crippen molar-refractivity contribution in [3.63, 3.8) is 0 Å². The van der Waals surface area contributed by atoms with Gasteiger partial charge in [-0.15, -0.1) is 5.11 Å². The van der Waals surface area contributed by atoms with E-state index in [1.54, 1.807) is 31.4 Å². The number of hydrogen-bond acceptors (Lipinski definition) is 4. The Kier molecular flexibility index (Phi) is 4.38. The summed E-state index contributed by atoms with van der Waals surface area (Å²) < 4.78 is 6.05. The Labute approximate surface area is 140 Å². The van der Waals surface area contributed by atoms with Crippen molar-refractivity contribution in [2.45, 2.75) is 0 Å². The van der Waals surface area contributed by atoms with E-state index in [9.17, 15) is 4.79 Å². The van der Waals surface area contributed by atoms with Crippen LogP contribution in [0.25, 0.3) is 11.3 Å². The Balaban J connectivity index is 1.93. The van der Waals surface area contributed by atoms with Gasteiger partial charge in [-0.05, 0) is 36.4 Å². The molecule has 0 saturated carbocycles. The van der Waals surface area contributed by atoms with Gasteiger partial charge in [0.1, 0.15) is 5.75 Å². The molecule has 0 atom stereocenters. The van der Waals surface area contributed by atoms with Crippen LogP contribution in [0, 0.1) is 0 Å². The van der Waals surface area contributed by atoms with Gasteiger partial charge in [0.05, 0.1) is 18.5 Å². The minimum Gasteiger partial charge on any atom is -0.497 e. The molecule has 7 heteroatoms. The molecule has 0 bridgehead atoms. The number of rotatable bonds is 4. The number of ether oxygens (including phenoxy) is 1. The van der Waals surface area contributed by atoms with Gasteiger partial charge in [0, 0.05) is 10.0 Å². The van der Waals surface area contributed by atoms with Gasteiger partial charge in [0.2, 0.25) is 0 Å². The maximum absolute atomic E-state index is 11.9. The summed E-state index contributed by atoms with van der Waals surface area (Å²) >= 11 is 3.38. The number of aromatic nitrogens is 2. The van der Waals surface area contributed by atoms with Crippen LogP contribution in [0.2, 0.25) is 0 Å². The minimum absolute atomic E-state index is 0.239. The van der Waals surface area contributed by atoms with Crippen LogP contribution in [0.5, 0.6) is 5.75 Å². The third kappa shape index (κ3) is 3.40. The van der Waals surface area contributed by atoms with Crippen LogP contribution in [-0.2, 0) is 0 Å². The number of nitrogens with zero attached hydrogens (tertiary/aromatic N) is 2. The lowest BCUT2D eigenvalue weighted by Crippen LogP contribution is -1.96. The second-order valence-electron chi connectivity index (χ2n) is 4.71. The molecule has 0 saturated heterocycles. The smallest absolute Gasteiger partial charge is 0.292 e. The van der Waals surface area contributed by atoms with Crippen LogP contribution >= 0.6 is 15.9 Å². The molecule has 0 unspecified atom stereocenters. The van der Waals surface area contributed by atoms with E-state index in [0.29, 0.717) is 11.4 Å². The molecule has 23 heavy (non-hydrogen) atoms. The standard InChI is InChI=1S/C16H13BrN4O2/c1-23-13-8-6-12(7-9-13)18-20-15-14(19-21-16(15)22)10-2-4-11(17)5-3-10/h2-9H,1H3,(H2,19,21,22). The number of aromatic amines is 2. The molecule has 0 radical (unpaired) electrons. The van der Waals surface area contributed by atoms with Crippen LogP contribution in [0.15, 0.2) is 68.0 Å². The zero-order valence-corrected chi connectivity index (χ0v) is 13.8. The highest BCUT2D eigenvalue weighted by Gasteiger charge is 2.11. The van der Waals surface area contributed by atoms with Crippen molar-refractivity contribution in [1.29, 1.82) is 0 Å². The SMILES string of the molecule is COc1ccc(N=Nc2c(-c3ccc(Br)cc3)[nH][nH]c2=O)cc1. The molecule has 0 spiro atoms. The maximum Gasteiger partial charge on any atom is 0.292 e. The summed E-state index contributed by atoms with van der Waals surface area (Å²) in [5, 5.41) is 13.6. The highest BCUT2D eigenvalue weighted by atomic mass is 79.9. The van der Waals surface area contributed by atoms with Gasteiger partial charge < -0.3 is 4.74 Å². The highest BCUT2D eigenvalue weighted by Crippen LogP contribution is 2.28. The van der Waals surface area contributed by atoms with E-state index in [4.69, 9.17) is 4.74 Å². The maximum atomic E-state index is 11.9. The largest absolute Gasteiger partial charge is 0.497 e. The fraction of sp³-hybridized carbons (Fsp3) is 0.0625. The quantitative estimate of drug-likeness (QED) is 0.658. The summed E-state index contributed by atoms with van der Waals surface area (Å²) in [4.78, 5) is 11.9. The Hall–Kier alpha value is -2.67. The van der Waals surface area contributed by atoms with Crippen LogP contribution < -0.4 is 10.3 Å². The van der Waals surface area contributed by atoms with Gasteiger partial charge in [-0.2, -0.15) is 5.11 Å². The molecule has 2 aromatic carbocycles. The highest BCUT2D eigenvalue weighted by molar-refractivity contribution is 9.10. The van der Waals surface area contributed by atoms with Crippen molar-refractivity contribution in [2.75, 3.05) is 7.11 Å². The summed E-state index contributed by atoms with van der Waals surface area (Å²) in [7, 11) is 1.60. The normalized spacial score (nSPS) is 11.0. The first-order valence-electron chi connectivity index (χ1n) is 6.80. The molecule has 0 aliphatic rings. The predicted octanol–water partition coefficient (Wildman–Crippen LogP) is 4.56. The van der Waals surface area contributed by atoms with E-state index in [1.165, 1.54) is 0 Å². The summed E-state index contributed by atoms with van der Waals surface area (Å²) in [5.74, 6) is 0.735. The van der Waals surface area contributed by atoms with E-state index in [-0.39, 0.29) is 11.2 Å². The van der Waals surface area contributed by atoms with E-state index in [2.05, 4.69) is 36.4 Å². The molecule has 1 heterocycles. The summed E-state index contributed by atoms with van der Waals surface area (Å²) in [6.45, 7) is 0. The first-order chi connectivity index (χ1) is 11.2. The van der Waals surface area contributed by atoms with Crippen molar-refractivity contribution >= 4 is 27.3 Å². The van der Waals surface area contributed by atoms with Crippen LogP contribution in [0.4, 0.5) is 11.4 Å². The molecule has 0 aliphatic carbocycles. The Morgan fingerprint density at radius 1 is 0.957 bits per heavy atom.